The molecule has 0 aliphatic heterocycles. The van der Waals surface area contributed by atoms with Crippen LogP contribution < -0.4 is 20.3 Å². The fourth-order valence-electron chi connectivity index (χ4n) is 3.15. The third kappa shape index (κ3) is 3.68. The van der Waals surface area contributed by atoms with Crippen LogP contribution in [-0.4, -0.2) is 24.7 Å². The van der Waals surface area contributed by atoms with Gasteiger partial charge in [-0.05, 0) is 37.1 Å². The van der Waals surface area contributed by atoms with Crippen molar-refractivity contribution in [1.82, 2.24) is 4.57 Å². The van der Waals surface area contributed by atoms with E-state index in [0.717, 1.165) is 16.5 Å². The normalized spacial score (nSPS) is 10.8. The topological polar surface area (TPSA) is 69.6 Å². The number of aryl methyl sites for hydroxylation is 2. The highest BCUT2D eigenvalue weighted by Crippen LogP contribution is 2.31. The average Bonchev–Trinajstić information content (AvgIpc) is 2.67. The number of benzene rings is 2. The zero-order valence-electron chi connectivity index (χ0n) is 16.1. The van der Waals surface area contributed by atoms with E-state index in [0.29, 0.717) is 27.7 Å². The van der Waals surface area contributed by atoms with Gasteiger partial charge in [-0.1, -0.05) is 23.7 Å². The molecule has 1 amide bonds. The van der Waals surface area contributed by atoms with Gasteiger partial charge in [0.05, 0.1) is 25.4 Å². The Hall–Kier alpha value is -2.99. The van der Waals surface area contributed by atoms with Crippen LogP contribution in [0.1, 0.15) is 11.1 Å². The van der Waals surface area contributed by atoms with Crippen LogP contribution in [0.3, 0.4) is 0 Å². The van der Waals surface area contributed by atoms with E-state index < -0.39 is 0 Å². The molecule has 1 heterocycles. The second kappa shape index (κ2) is 7.94. The summed E-state index contributed by atoms with van der Waals surface area (Å²) in [5.41, 5.74) is 2.43. The zero-order valence-corrected chi connectivity index (χ0v) is 16.9. The van der Waals surface area contributed by atoms with Crippen LogP contribution in [0.2, 0.25) is 5.02 Å². The predicted octanol–water partition coefficient (Wildman–Crippen LogP) is 3.93. The standard InChI is InChI=1S/C21H21ClN2O4/c1-12-9-20(26)24(21-14(12)6-5-7-17(21)27-3)11-19(25)23-16-8-13(2)15(22)10-18(16)28-4/h5-10H,11H2,1-4H3,(H,23,25). The molecule has 6 nitrogen and oxygen atoms in total. The van der Waals surface area contributed by atoms with Gasteiger partial charge < -0.3 is 14.8 Å². The molecule has 0 saturated heterocycles. The summed E-state index contributed by atoms with van der Waals surface area (Å²) in [6.07, 6.45) is 0. The Morgan fingerprint density at radius 2 is 1.79 bits per heavy atom. The van der Waals surface area contributed by atoms with E-state index in [9.17, 15) is 9.59 Å². The summed E-state index contributed by atoms with van der Waals surface area (Å²) in [6.45, 7) is 3.52. The van der Waals surface area contributed by atoms with Gasteiger partial charge in [0.2, 0.25) is 5.91 Å². The molecule has 0 atom stereocenters. The lowest BCUT2D eigenvalue weighted by Crippen LogP contribution is -2.28. The van der Waals surface area contributed by atoms with Crippen LogP contribution in [-0.2, 0) is 11.3 Å². The minimum absolute atomic E-state index is 0.166. The van der Waals surface area contributed by atoms with Crippen molar-refractivity contribution in [3.8, 4) is 11.5 Å². The number of hydrogen-bond donors (Lipinski definition) is 1. The Kier molecular flexibility index (Phi) is 5.61. The predicted molar refractivity (Wildman–Crippen MR) is 111 cm³/mol. The van der Waals surface area contributed by atoms with Crippen molar-refractivity contribution in [2.75, 3.05) is 19.5 Å². The molecule has 146 valence electrons. The molecule has 0 bridgehead atoms. The van der Waals surface area contributed by atoms with Gasteiger partial charge in [0.15, 0.2) is 0 Å². The molecular formula is C21H21ClN2O4. The highest BCUT2D eigenvalue weighted by molar-refractivity contribution is 6.31. The average molecular weight is 401 g/mol. The number of methoxy groups -OCH3 is 2. The van der Waals surface area contributed by atoms with Crippen LogP contribution in [0, 0.1) is 13.8 Å². The van der Waals surface area contributed by atoms with E-state index >= 15 is 0 Å². The minimum Gasteiger partial charge on any atom is -0.495 e. The van der Waals surface area contributed by atoms with Crippen LogP contribution in [0.15, 0.2) is 41.2 Å². The molecule has 0 aliphatic rings. The molecule has 1 aromatic heterocycles. The second-order valence-electron chi connectivity index (χ2n) is 6.46. The summed E-state index contributed by atoms with van der Waals surface area (Å²) in [7, 11) is 3.03. The van der Waals surface area contributed by atoms with E-state index in [1.165, 1.54) is 24.9 Å². The van der Waals surface area contributed by atoms with Gasteiger partial charge in [-0.25, -0.2) is 0 Å². The van der Waals surface area contributed by atoms with E-state index in [2.05, 4.69) is 5.32 Å². The monoisotopic (exact) mass is 400 g/mol. The molecule has 1 N–H and O–H groups in total. The SMILES string of the molecule is COc1cc(Cl)c(C)cc1NC(=O)Cn1c(=O)cc(C)c2cccc(OC)c21. The van der Waals surface area contributed by atoms with Crippen molar-refractivity contribution in [2.24, 2.45) is 0 Å². The Bertz CT molecular complexity index is 1120. The number of fused-ring (bicyclic) bond motifs is 1. The lowest BCUT2D eigenvalue weighted by molar-refractivity contribution is -0.116. The first kappa shape index (κ1) is 19.8. The first-order valence-corrected chi connectivity index (χ1v) is 9.04. The van der Waals surface area contributed by atoms with Crippen molar-refractivity contribution in [2.45, 2.75) is 20.4 Å². The molecule has 0 spiro atoms. The highest BCUT2D eigenvalue weighted by atomic mass is 35.5. The van der Waals surface area contributed by atoms with Crippen molar-refractivity contribution in [3.05, 3.63) is 62.9 Å². The fourth-order valence-corrected chi connectivity index (χ4v) is 3.31. The number of hydrogen-bond acceptors (Lipinski definition) is 4. The molecule has 2 aromatic carbocycles. The van der Waals surface area contributed by atoms with E-state index in [1.54, 1.807) is 18.2 Å². The van der Waals surface area contributed by atoms with Crippen molar-refractivity contribution < 1.29 is 14.3 Å². The van der Waals surface area contributed by atoms with Crippen molar-refractivity contribution in [1.29, 1.82) is 0 Å². The number of para-hydroxylation sites is 1. The minimum atomic E-state index is -0.363. The quantitative estimate of drug-likeness (QED) is 0.704. The number of rotatable bonds is 5. The molecule has 0 unspecified atom stereocenters. The van der Waals surface area contributed by atoms with E-state index in [4.69, 9.17) is 21.1 Å². The molecule has 0 aliphatic carbocycles. The number of amides is 1. The third-order valence-corrected chi connectivity index (χ3v) is 4.98. The van der Waals surface area contributed by atoms with Gasteiger partial charge in [0.1, 0.15) is 18.0 Å². The van der Waals surface area contributed by atoms with Gasteiger partial charge in [0, 0.05) is 22.5 Å². The lowest BCUT2D eigenvalue weighted by Gasteiger charge is -2.16. The number of aromatic nitrogens is 1. The Morgan fingerprint density at radius 3 is 2.46 bits per heavy atom. The van der Waals surface area contributed by atoms with Gasteiger partial charge >= 0.3 is 0 Å². The number of halogens is 1. The van der Waals surface area contributed by atoms with Crippen LogP contribution in [0.25, 0.3) is 10.9 Å². The number of carbonyl (C=O) groups excluding carboxylic acids is 1. The maximum absolute atomic E-state index is 12.7. The number of anilines is 1. The number of ether oxygens (including phenoxy) is 2. The highest BCUT2D eigenvalue weighted by Gasteiger charge is 2.16. The molecule has 3 rings (SSSR count). The summed E-state index contributed by atoms with van der Waals surface area (Å²) in [4.78, 5) is 25.3. The number of carbonyl (C=O) groups is 1. The first-order valence-electron chi connectivity index (χ1n) is 8.67. The zero-order chi connectivity index (χ0) is 20.4. The molecular weight excluding hydrogens is 380 g/mol. The maximum Gasteiger partial charge on any atom is 0.251 e. The van der Waals surface area contributed by atoms with Crippen molar-refractivity contribution >= 4 is 34.1 Å². The van der Waals surface area contributed by atoms with Gasteiger partial charge in [0.25, 0.3) is 5.56 Å². The molecule has 3 aromatic rings. The maximum atomic E-state index is 12.7. The molecule has 0 fully saturated rings. The van der Waals surface area contributed by atoms with Gasteiger partial charge in [-0.15, -0.1) is 0 Å². The second-order valence-corrected chi connectivity index (χ2v) is 6.87. The summed E-state index contributed by atoms with van der Waals surface area (Å²) in [6, 6.07) is 10.4. The molecule has 7 heteroatoms. The Balaban J connectivity index is 2.01. The lowest BCUT2D eigenvalue weighted by atomic mass is 10.1. The number of nitrogens with zero attached hydrogens (tertiary/aromatic N) is 1. The van der Waals surface area contributed by atoms with E-state index in [1.807, 2.05) is 26.0 Å². The summed E-state index contributed by atoms with van der Waals surface area (Å²) >= 11 is 6.11. The molecule has 0 radical (unpaired) electrons. The smallest absolute Gasteiger partial charge is 0.251 e. The summed E-state index contributed by atoms with van der Waals surface area (Å²) < 4.78 is 12.1. The van der Waals surface area contributed by atoms with Gasteiger partial charge in [-0.3, -0.25) is 14.2 Å². The molecule has 0 saturated carbocycles. The summed E-state index contributed by atoms with van der Waals surface area (Å²) in [5, 5.41) is 4.19. The Labute approximate surface area is 167 Å². The van der Waals surface area contributed by atoms with Crippen LogP contribution in [0.5, 0.6) is 11.5 Å². The van der Waals surface area contributed by atoms with Crippen LogP contribution in [0.4, 0.5) is 5.69 Å². The third-order valence-electron chi connectivity index (χ3n) is 4.58. The van der Waals surface area contributed by atoms with E-state index in [-0.39, 0.29) is 18.0 Å². The Morgan fingerprint density at radius 1 is 1.07 bits per heavy atom. The fraction of sp³-hybridized carbons (Fsp3) is 0.238. The van der Waals surface area contributed by atoms with Crippen LogP contribution >= 0.6 is 11.6 Å². The van der Waals surface area contributed by atoms with Gasteiger partial charge in [-0.2, -0.15) is 0 Å². The summed E-state index contributed by atoms with van der Waals surface area (Å²) in [5.74, 6) is 0.617. The van der Waals surface area contributed by atoms with Crippen molar-refractivity contribution in [3.63, 3.8) is 0 Å². The number of nitrogens with one attached hydrogen (secondary N) is 1. The number of pyridine rings is 1. The largest absolute Gasteiger partial charge is 0.495 e. The molecule has 28 heavy (non-hydrogen) atoms. The first-order chi connectivity index (χ1) is 13.3.